The summed E-state index contributed by atoms with van der Waals surface area (Å²) in [5.74, 6) is -1.34. The fourth-order valence-electron chi connectivity index (χ4n) is 6.62. The highest BCUT2D eigenvalue weighted by atomic mass is 16.6. The van der Waals surface area contributed by atoms with Gasteiger partial charge < -0.3 is 9.47 Å². The van der Waals surface area contributed by atoms with Crippen molar-refractivity contribution >= 4 is 11.9 Å². The van der Waals surface area contributed by atoms with Crippen molar-refractivity contribution in [1.29, 1.82) is 0 Å². The Bertz CT molecular complexity index is 1810. The molecule has 242 valence electrons. The van der Waals surface area contributed by atoms with Gasteiger partial charge in [-0.1, -0.05) is 194 Å². The van der Waals surface area contributed by atoms with Crippen LogP contribution in [0.5, 0.6) is 0 Å². The number of carbonyl (C=O) groups is 2. The molecule has 0 aliphatic heterocycles. The van der Waals surface area contributed by atoms with E-state index >= 15 is 0 Å². The zero-order valence-electron chi connectivity index (χ0n) is 27.3. The summed E-state index contributed by atoms with van der Waals surface area (Å²) < 4.78 is 13.4. The smallest absolute Gasteiger partial charge is 0.340 e. The summed E-state index contributed by atoms with van der Waals surface area (Å²) in [6.45, 7) is 0. The molecule has 0 radical (unpaired) electrons. The van der Waals surface area contributed by atoms with Gasteiger partial charge in [-0.2, -0.15) is 0 Å². The predicted octanol–water partition coefficient (Wildman–Crippen LogP) is 9.98. The van der Waals surface area contributed by atoms with Gasteiger partial charge in [-0.25, -0.2) is 9.59 Å². The van der Waals surface area contributed by atoms with Crippen molar-refractivity contribution in [2.45, 2.75) is 11.2 Å². The number of hydrogen-bond acceptors (Lipinski definition) is 4. The van der Waals surface area contributed by atoms with Gasteiger partial charge in [0.25, 0.3) is 0 Å². The highest BCUT2D eigenvalue weighted by molar-refractivity contribution is 6.03. The van der Waals surface area contributed by atoms with Crippen LogP contribution < -0.4 is 0 Å². The number of ether oxygens (including phenoxy) is 2. The average molecular weight is 651 g/mol. The van der Waals surface area contributed by atoms with Crippen molar-refractivity contribution in [2.24, 2.45) is 0 Å². The molecule has 7 aromatic carbocycles. The summed E-state index contributed by atoms with van der Waals surface area (Å²) >= 11 is 0. The minimum absolute atomic E-state index is 0.0905. The summed E-state index contributed by atoms with van der Waals surface area (Å²) in [7, 11) is 0. The lowest BCUT2D eigenvalue weighted by atomic mass is 9.80. The van der Waals surface area contributed by atoms with E-state index in [-0.39, 0.29) is 11.1 Å². The highest BCUT2D eigenvalue weighted by Gasteiger charge is 2.43. The van der Waals surface area contributed by atoms with Crippen molar-refractivity contribution in [3.8, 4) is 0 Å². The largest absolute Gasteiger partial charge is 0.441 e. The zero-order chi connectivity index (χ0) is 34.2. The third kappa shape index (κ3) is 5.99. The first kappa shape index (κ1) is 32.0. The van der Waals surface area contributed by atoms with Gasteiger partial charge in [-0.05, 0) is 12.1 Å². The standard InChI is InChI=1S/C46H34O4/c47-43(49-45(35-21-7-1-8-22-35,36-23-9-2-10-24-36)37-25-11-3-12-26-37)41-33-19-20-34-42(41)44(48)50-46(38-27-13-4-14-28-38,39-29-15-5-16-30-39)40-31-17-6-18-32-40/h1-34H. The van der Waals surface area contributed by atoms with E-state index in [4.69, 9.17) is 9.47 Å². The molecular weight excluding hydrogens is 617 g/mol. The first-order valence-electron chi connectivity index (χ1n) is 16.5. The minimum Gasteiger partial charge on any atom is -0.441 e. The lowest BCUT2D eigenvalue weighted by molar-refractivity contribution is 0.00934. The molecule has 0 fully saturated rings. The fraction of sp³-hybridized carbons (Fsp3) is 0.0435. The molecule has 0 saturated carbocycles. The molecule has 4 heteroatoms. The van der Waals surface area contributed by atoms with Crippen LogP contribution in [0.4, 0.5) is 0 Å². The molecule has 0 bridgehead atoms. The summed E-state index contributed by atoms with van der Waals surface area (Å²) in [4.78, 5) is 29.3. The molecule has 0 amide bonds. The highest BCUT2D eigenvalue weighted by Crippen LogP contribution is 2.43. The molecule has 0 spiro atoms. The van der Waals surface area contributed by atoms with Gasteiger partial charge in [-0.15, -0.1) is 0 Å². The maximum absolute atomic E-state index is 14.7. The van der Waals surface area contributed by atoms with Crippen molar-refractivity contribution in [1.82, 2.24) is 0 Å². The molecule has 50 heavy (non-hydrogen) atoms. The van der Waals surface area contributed by atoms with Crippen LogP contribution in [0.2, 0.25) is 0 Å². The van der Waals surface area contributed by atoms with E-state index in [9.17, 15) is 9.59 Å². The SMILES string of the molecule is O=C(OC(c1ccccc1)(c1ccccc1)c1ccccc1)c1ccccc1C(=O)OC(c1ccccc1)(c1ccccc1)c1ccccc1. The maximum atomic E-state index is 14.7. The molecule has 0 unspecified atom stereocenters. The summed E-state index contributed by atoms with van der Waals surface area (Å²) in [6.07, 6.45) is 0. The van der Waals surface area contributed by atoms with Crippen LogP contribution in [0.1, 0.15) is 54.1 Å². The molecule has 7 aromatic rings. The predicted molar refractivity (Wildman–Crippen MR) is 196 cm³/mol. The van der Waals surface area contributed by atoms with Gasteiger partial charge in [0.2, 0.25) is 0 Å². The van der Waals surface area contributed by atoms with Crippen LogP contribution in [-0.4, -0.2) is 11.9 Å². The summed E-state index contributed by atoms with van der Waals surface area (Å²) in [5.41, 5.74) is 2.14. The third-order valence-electron chi connectivity index (χ3n) is 8.94. The van der Waals surface area contributed by atoms with E-state index < -0.39 is 23.1 Å². The Hall–Kier alpha value is -6.52. The minimum atomic E-state index is -1.32. The van der Waals surface area contributed by atoms with Crippen LogP contribution in [0, 0.1) is 0 Å². The number of hydrogen-bond donors (Lipinski definition) is 0. The number of benzene rings is 7. The van der Waals surface area contributed by atoms with E-state index in [1.165, 1.54) is 0 Å². The molecule has 0 aliphatic carbocycles. The quantitative estimate of drug-likeness (QED) is 0.109. The van der Waals surface area contributed by atoms with E-state index in [0.29, 0.717) is 0 Å². The number of esters is 2. The molecule has 4 nitrogen and oxygen atoms in total. The van der Waals surface area contributed by atoms with Gasteiger partial charge in [0.15, 0.2) is 11.2 Å². The average Bonchev–Trinajstić information content (AvgIpc) is 3.21. The van der Waals surface area contributed by atoms with Crippen LogP contribution in [0.15, 0.2) is 206 Å². The molecule has 0 saturated heterocycles. The second-order valence-corrected chi connectivity index (χ2v) is 11.9. The molecule has 0 heterocycles. The van der Waals surface area contributed by atoms with Crippen molar-refractivity contribution in [2.75, 3.05) is 0 Å². The second kappa shape index (κ2) is 14.3. The zero-order valence-corrected chi connectivity index (χ0v) is 27.3. The van der Waals surface area contributed by atoms with Gasteiger partial charge >= 0.3 is 11.9 Å². The molecular formula is C46H34O4. The maximum Gasteiger partial charge on any atom is 0.340 e. The van der Waals surface area contributed by atoms with Gasteiger partial charge in [0, 0.05) is 33.4 Å². The van der Waals surface area contributed by atoms with E-state index in [2.05, 4.69) is 0 Å². The number of carbonyl (C=O) groups excluding carboxylic acids is 2. The summed E-state index contributed by atoms with van der Waals surface area (Å²) in [6, 6.07) is 64.6. The molecule has 0 aromatic heterocycles. The Morgan fingerprint density at radius 3 is 0.660 bits per heavy atom. The Kier molecular flexibility index (Phi) is 9.17. The van der Waals surface area contributed by atoms with E-state index in [1.54, 1.807) is 24.3 Å². The van der Waals surface area contributed by atoms with E-state index in [1.807, 2.05) is 182 Å². The van der Waals surface area contributed by atoms with Crippen molar-refractivity contribution in [3.05, 3.63) is 251 Å². The first-order valence-corrected chi connectivity index (χ1v) is 16.5. The third-order valence-corrected chi connectivity index (χ3v) is 8.94. The fourth-order valence-corrected chi connectivity index (χ4v) is 6.62. The van der Waals surface area contributed by atoms with Crippen LogP contribution in [0.3, 0.4) is 0 Å². The van der Waals surface area contributed by atoms with Crippen LogP contribution in [0.25, 0.3) is 0 Å². The molecule has 0 aliphatic rings. The van der Waals surface area contributed by atoms with Crippen molar-refractivity contribution in [3.63, 3.8) is 0 Å². The topological polar surface area (TPSA) is 52.6 Å². The Balaban J connectivity index is 1.36. The van der Waals surface area contributed by atoms with Gasteiger partial charge in [0.1, 0.15) is 0 Å². The summed E-state index contributed by atoms with van der Waals surface area (Å²) in [5, 5.41) is 0. The van der Waals surface area contributed by atoms with Crippen LogP contribution in [-0.2, 0) is 20.7 Å². The molecule has 0 atom stereocenters. The van der Waals surface area contributed by atoms with Gasteiger partial charge in [-0.3, -0.25) is 0 Å². The molecule has 7 rings (SSSR count). The lowest BCUT2D eigenvalue weighted by Gasteiger charge is -2.36. The Labute approximate surface area is 292 Å². The first-order chi connectivity index (χ1) is 24.6. The van der Waals surface area contributed by atoms with E-state index in [0.717, 1.165) is 33.4 Å². The molecule has 0 N–H and O–H groups in total. The Morgan fingerprint density at radius 2 is 0.460 bits per heavy atom. The van der Waals surface area contributed by atoms with Crippen molar-refractivity contribution < 1.29 is 19.1 Å². The monoisotopic (exact) mass is 650 g/mol. The van der Waals surface area contributed by atoms with Crippen LogP contribution >= 0.6 is 0 Å². The second-order valence-electron chi connectivity index (χ2n) is 11.9. The number of rotatable bonds is 10. The Morgan fingerprint density at radius 1 is 0.280 bits per heavy atom. The van der Waals surface area contributed by atoms with Gasteiger partial charge in [0.05, 0.1) is 11.1 Å². The lowest BCUT2D eigenvalue weighted by Crippen LogP contribution is -2.37. The normalized spacial score (nSPS) is 11.4.